The molecule has 1 aliphatic carbocycles. The van der Waals surface area contributed by atoms with Crippen LogP contribution in [0.25, 0.3) is 0 Å². The summed E-state index contributed by atoms with van der Waals surface area (Å²) in [6.07, 6.45) is 4.44. The molecule has 1 saturated carbocycles. The zero-order chi connectivity index (χ0) is 15.6. The first-order valence-electron chi connectivity index (χ1n) is 6.95. The summed E-state index contributed by atoms with van der Waals surface area (Å²) in [5, 5.41) is 8.99. The van der Waals surface area contributed by atoms with Crippen molar-refractivity contribution >= 4 is 10.0 Å². The molecule has 4 nitrogen and oxygen atoms in total. The van der Waals surface area contributed by atoms with Gasteiger partial charge in [0.25, 0.3) is 0 Å². The van der Waals surface area contributed by atoms with Crippen molar-refractivity contribution in [3.63, 3.8) is 0 Å². The summed E-state index contributed by atoms with van der Waals surface area (Å²) in [6.45, 7) is -0.881. The van der Waals surface area contributed by atoms with Crippen LogP contribution in [0, 0.1) is 11.6 Å². The number of nitrogens with zero attached hydrogens (tertiary/aromatic N) is 1. The predicted molar refractivity (Wildman–Crippen MR) is 74.1 cm³/mol. The fourth-order valence-corrected chi connectivity index (χ4v) is 4.22. The summed E-state index contributed by atoms with van der Waals surface area (Å²) < 4.78 is 53.7. The topological polar surface area (TPSA) is 57.6 Å². The standard InChI is InChI=1S/C14H19F2NO3S/c1-17(10-5-3-2-4-6-10)21(19,20)13-8-7-12(15)11(9-18)14(13)16/h7-8,10,18H,2-6,9H2,1H3. The summed E-state index contributed by atoms with van der Waals surface area (Å²) in [6, 6.07) is 1.63. The molecule has 0 radical (unpaired) electrons. The smallest absolute Gasteiger partial charge is 0.245 e. The highest BCUT2D eigenvalue weighted by atomic mass is 32.2. The summed E-state index contributed by atoms with van der Waals surface area (Å²) in [7, 11) is -2.61. The average Bonchev–Trinajstić information content (AvgIpc) is 2.47. The largest absolute Gasteiger partial charge is 0.391 e. The van der Waals surface area contributed by atoms with Crippen LogP contribution < -0.4 is 0 Å². The molecule has 0 amide bonds. The summed E-state index contributed by atoms with van der Waals surface area (Å²) in [5.41, 5.74) is -0.617. The molecule has 1 fully saturated rings. The average molecular weight is 319 g/mol. The third-order valence-electron chi connectivity index (χ3n) is 4.05. The molecule has 1 aromatic carbocycles. The lowest BCUT2D eigenvalue weighted by atomic mass is 9.96. The van der Waals surface area contributed by atoms with Crippen LogP contribution in [0.1, 0.15) is 37.7 Å². The minimum absolute atomic E-state index is 0.161. The number of aliphatic hydroxyl groups is 1. The van der Waals surface area contributed by atoms with Gasteiger partial charge in [0.2, 0.25) is 10.0 Å². The van der Waals surface area contributed by atoms with Crippen LogP contribution in [0.5, 0.6) is 0 Å². The molecule has 118 valence electrons. The Morgan fingerprint density at radius 1 is 1.24 bits per heavy atom. The maximum Gasteiger partial charge on any atom is 0.245 e. The van der Waals surface area contributed by atoms with E-state index in [1.54, 1.807) is 0 Å². The van der Waals surface area contributed by atoms with Crippen molar-refractivity contribution in [2.75, 3.05) is 7.05 Å². The quantitative estimate of drug-likeness (QED) is 0.927. The molecule has 1 aliphatic rings. The van der Waals surface area contributed by atoms with Gasteiger partial charge in [0.1, 0.15) is 10.7 Å². The number of halogens is 2. The van der Waals surface area contributed by atoms with E-state index in [9.17, 15) is 17.2 Å². The molecule has 1 N–H and O–H groups in total. The van der Waals surface area contributed by atoms with Gasteiger partial charge in [0, 0.05) is 13.1 Å². The van der Waals surface area contributed by atoms with Gasteiger partial charge in [-0.25, -0.2) is 17.2 Å². The molecule has 2 rings (SSSR count). The molecule has 0 unspecified atom stereocenters. The highest BCUT2D eigenvalue weighted by Gasteiger charge is 2.32. The fourth-order valence-electron chi connectivity index (χ4n) is 2.72. The first-order chi connectivity index (χ1) is 9.89. The van der Waals surface area contributed by atoms with Gasteiger partial charge in [0.15, 0.2) is 5.82 Å². The molecular weight excluding hydrogens is 300 g/mol. The van der Waals surface area contributed by atoms with Crippen LogP contribution in [0.2, 0.25) is 0 Å². The first-order valence-corrected chi connectivity index (χ1v) is 8.39. The van der Waals surface area contributed by atoms with Crippen LogP contribution in [-0.2, 0) is 16.6 Å². The predicted octanol–water partition coefficient (Wildman–Crippen LogP) is 2.41. The van der Waals surface area contributed by atoms with E-state index in [-0.39, 0.29) is 6.04 Å². The Hall–Kier alpha value is -1.05. The van der Waals surface area contributed by atoms with Crippen molar-refractivity contribution in [1.29, 1.82) is 0 Å². The Morgan fingerprint density at radius 2 is 1.86 bits per heavy atom. The molecular formula is C14H19F2NO3S. The van der Waals surface area contributed by atoms with Gasteiger partial charge in [-0.1, -0.05) is 19.3 Å². The van der Waals surface area contributed by atoms with Gasteiger partial charge in [0.05, 0.1) is 12.2 Å². The van der Waals surface area contributed by atoms with Gasteiger partial charge in [-0.3, -0.25) is 0 Å². The van der Waals surface area contributed by atoms with Crippen molar-refractivity contribution in [2.45, 2.75) is 49.6 Å². The normalized spacial score (nSPS) is 17.4. The fraction of sp³-hybridized carbons (Fsp3) is 0.571. The third kappa shape index (κ3) is 3.09. The monoisotopic (exact) mass is 319 g/mol. The molecule has 1 aromatic rings. The second-order valence-electron chi connectivity index (χ2n) is 5.31. The Balaban J connectivity index is 2.39. The highest BCUT2D eigenvalue weighted by Crippen LogP contribution is 2.29. The van der Waals surface area contributed by atoms with Crippen molar-refractivity contribution in [3.05, 3.63) is 29.3 Å². The Bertz CT molecular complexity index is 613. The van der Waals surface area contributed by atoms with Crippen molar-refractivity contribution < 1.29 is 22.3 Å². The van der Waals surface area contributed by atoms with E-state index in [0.29, 0.717) is 0 Å². The number of hydrogen-bond acceptors (Lipinski definition) is 3. The molecule has 0 saturated heterocycles. The Morgan fingerprint density at radius 3 is 2.43 bits per heavy atom. The van der Waals surface area contributed by atoms with Crippen molar-refractivity contribution in [1.82, 2.24) is 4.31 Å². The first kappa shape index (κ1) is 16.3. The summed E-state index contributed by atoms with van der Waals surface area (Å²) >= 11 is 0. The van der Waals surface area contributed by atoms with Gasteiger partial charge >= 0.3 is 0 Å². The Labute approximate surface area is 123 Å². The van der Waals surface area contributed by atoms with Crippen molar-refractivity contribution in [2.24, 2.45) is 0 Å². The maximum absolute atomic E-state index is 14.2. The van der Waals surface area contributed by atoms with Gasteiger partial charge in [-0.2, -0.15) is 4.31 Å². The molecule has 0 spiro atoms. The minimum Gasteiger partial charge on any atom is -0.391 e. The lowest BCUT2D eigenvalue weighted by Crippen LogP contribution is -2.38. The highest BCUT2D eigenvalue weighted by molar-refractivity contribution is 7.89. The molecule has 0 aliphatic heterocycles. The lowest BCUT2D eigenvalue weighted by molar-refractivity contribution is 0.266. The molecule has 7 heteroatoms. The summed E-state index contributed by atoms with van der Waals surface area (Å²) in [5.74, 6) is -2.16. The van der Waals surface area contributed by atoms with Crippen LogP contribution >= 0.6 is 0 Å². The summed E-state index contributed by atoms with van der Waals surface area (Å²) in [4.78, 5) is -0.582. The zero-order valence-corrected chi connectivity index (χ0v) is 12.7. The molecule has 0 atom stereocenters. The molecule has 0 bridgehead atoms. The van der Waals surface area contributed by atoms with E-state index in [1.165, 1.54) is 11.4 Å². The van der Waals surface area contributed by atoms with Crippen molar-refractivity contribution in [3.8, 4) is 0 Å². The number of rotatable bonds is 4. The SMILES string of the molecule is CN(C1CCCCC1)S(=O)(=O)c1ccc(F)c(CO)c1F. The van der Waals surface area contributed by atoms with Gasteiger partial charge < -0.3 is 5.11 Å². The van der Waals surface area contributed by atoms with E-state index < -0.39 is 38.7 Å². The number of sulfonamides is 1. The molecule has 0 aromatic heterocycles. The van der Waals surface area contributed by atoms with Crippen LogP contribution in [-0.4, -0.2) is 30.9 Å². The van der Waals surface area contributed by atoms with Crippen LogP contribution in [0.3, 0.4) is 0 Å². The van der Waals surface area contributed by atoms with Crippen LogP contribution in [0.4, 0.5) is 8.78 Å². The molecule has 21 heavy (non-hydrogen) atoms. The minimum atomic E-state index is -4.04. The lowest BCUT2D eigenvalue weighted by Gasteiger charge is -2.30. The van der Waals surface area contributed by atoms with E-state index >= 15 is 0 Å². The number of benzene rings is 1. The maximum atomic E-state index is 14.2. The van der Waals surface area contributed by atoms with E-state index in [2.05, 4.69) is 0 Å². The van der Waals surface area contributed by atoms with Gasteiger partial charge in [-0.05, 0) is 25.0 Å². The van der Waals surface area contributed by atoms with E-state index in [4.69, 9.17) is 5.11 Å². The van der Waals surface area contributed by atoms with Crippen LogP contribution in [0.15, 0.2) is 17.0 Å². The number of hydrogen-bond donors (Lipinski definition) is 1. The number of aliphatic hydroxyl groups excluding tert-OH is 1. The van der Waals surface area contributed by atoms with Gasteiger partial charge in [-0.15, -0.1) is 0 Å². The Kier molecular flexibility index (Phi) is 4.95. The molecule has 0 heterocycles. The third-order valence-corrected chi connectivity index (χ3v) is 5.98. The van der Waals surface area contributed by atoms with E-state index in [0.717, 1.165) is 44.2 Å². The zero-order valence-electron chi connectivity index (χ0n) is 11.8. The second-order valence-corrected chi connectivity index (χ2v) is 7.28. The second kappa shape index (κ2) is 6.37. The van der Waals surface area contributed by atoms with E-state index in [1.807, 2.05) is 0 Å².